The van der Waals surface area contributed by atoms with Gasteiger partial charge in [-0.15, -0.1) is 12.4 Å². The van der Waals surface area contributed by atoms with E-state index in [1.165, 1.54) is 6.26 Å². The summed E-state index contributed by atoms with van der Waals surface area (Å²) in [6, 6.07) is 2.04. The van der Waals surface area contributed by atoms with Crippen LogP contribution < -0.4 is 5.73 Å². The van der Waals surface area contributed by atoms with Gasteiger partial charge >= 0.3 is 0 Å². The van der Waals surface area contributed by atoms with E-state index in [9.17, 15) is 4.79 Å². The molecule has 2 N–H and O–H groups in total. The summed E-state index contributed by atoms with van der Waals surface area (Å²) >= 11 is 0. The highest BCUT2D eigenvalue weighted by Crippen LogP contribution is 2.25. The fraction of sp³-hybridized carbons (Fsp3) is 0.583. The second-order valence-electron chi connectivity index (χ2n) is 4.51. The van der Waals surface area contributed by atoms with Crippen molar-refractivity contribution in [3.8, 4) is 0 Å². The monoisotopic (exact) mass is 258 g/mol. The van der Waals surface area contributed by atoms with Gasteiger partial charge in [-0.05, 0) is 25.3 Å². The van der Waals surface area contributed by atoms with Crippen LogP contribution in [0.3, 0.4) is 0 Å². The number of likely N-dealkylation sites (tertiary alicyclic amines) is 1. The van der Waals surface area contributed by atoms with Gasteiger partial charge in [-0.25, -0.2) is 0 Å². The molecule has 17 heavy (non-hydrogen) atoms. The molecular weight excluding hydrogens is 240 g/mol. The molecule has 1 aromatic rings. The zero-order valence-electron chi connectivity index (χ0n) is 10.2. The molecule has 1 aliphatic rings. The molecule has 0 bridgehead atoms. The van der Waals surface area contributed by atoms with Crippen molar-refractivity contribution in [2.45, 2.75) is 32.9 Å². The van der Waals surface area contributed by atoms with Gasteiger partial charge in [0.1, 0.15) is 12.0 Å². The van der Waals surface area contributed by atoms with Crippen molar-refractivity contribution >= 4 is 18.3 Å². The van der Waals surface area contributed by atoms with E-state index < -0.39 is 0 Å². The Morgan fingerprint density at radius 2 is 2.29 bits per heavy atom. The Hall–Kier alpha value is -1.00. The van der Waals surface area contributed by atoms with Crippen LogP contribution in [0, 0.1) is 5.92 Å². The molecule has 1 amide bonds. The molecule has 0 aromatic carbocycles. The number of hydrogen-bond donors (Lipinski definition) is 1. The molecule has 2 rings (SSSR count). The number of halogens is 1. The summed E-state index contributed by atoms with van der Waals surface area (Å²) in [4.78, 5) is 14.1. The minimum atomic E-state index is 0. The number of hydrogen-bond acceptors (Lipinski definition) is 3. The standard InChI is InChI=1S/C12H18N2O2.ClH/c1-8-3-4-14(9(8)2)12(15)10-5-11(6-13)16-7-10;/h5,7-9H,3-4,6,13H2,1-2H3;1H. The van der Waals surface area contributed by atoms with Crippen molar-refractivity contribution in [3.63, 3.8) is 0 Å². The Balaban J connectivity index is 0.00000144. The Labute approximate surface area is 108 Å². The van der Waals surface area contributed by atoms with E-state index >= 15 is 0 Å². The third-order valence-electron chi connectivity index (χ3n) is 3.50. The molecule has 0 aliphatic carbocycles. The SMILES string of the molecule is CC1CCN(C(=O)c2coc(CN)c2)C1C.Cl. The molecule has 2 atom stereocenters. The summed E-state index contributed by atoms with van der Waals surface area (Å²) in [5, 5.41) is 0. The average molecular weight is 259 g/mol. The molecular formula is C12H19ClN2O2. The molecule has 96 valence electrons. The third-order valence-corrected chi connectivity index (χ3v) is 3.50. The first-order valence-corrected chi connectivity index (χ1v) is 5.72. The van der Waals surface area contributed by atoms with E-state index in [4.69, 9.17) is 10.2 Å². The van der Waals surface area contributed by atoms with Crippen LogP contribution in [-0.2, 0) is 6.54 Å². The van der Waals surface area contributed by atoms with Crippen LogP contribution in [0.5, 0.6) is 0 Å². The summed E-state index contributed by atoms with van der Waals surface area (Å²) in [5.41, 5.74) is 6.06. The predicted molar refractivity (Wildman–Crippen MR) is 68.1 cm³/mol. The summed E-state index contributed by atoms with van der Waals surface area (Å²) in [5.74, 6) is 1.29. The summed E-state index contributed by atoms with van der Waals surface area (Å²) in [6.45, 7) is 5.45. The lowest BCUT2D eigenvalue weighted by molar-refractivity contribution is 0.0734. The van der Waals surface area contributed by atoms with E-state index in [0.29, 0.717) is 29.8 Å². The van der Waals surface area contributed by atoms with Crippen LogP contribution in [0.2, 0.25) is 0 Å². The van der Waals surface area contributed by atoms with Crippen molar-refractivity contribution < 1.29 is 9.21 Å². The lowest BCUT2D eigenvalue weighted by Gasteiger charge is -2.22. The highest BCUT2D eigenvalue weighted by molar-refractivity contribution is 5.94. The molecule has 2 unspecified atom stereocenters. The maximum absolute atomic E-state index is 12.2. The fourth-order valence-electron chi connectivity index (χ4n) is 2.15. The molecule has 0 saturated carbocycles. The van der Waals surface area contributed by atoms with Crippen LogP contribution in [0.25, 0.3) is 0 Å². The smallest absolute Gasteiger partial charge is 0.257 e. The Kier molecular flexibility index (Phi) is 4.60. The van der Waals surface area contributed by atoms with E-state index in [1.54, 1.807) is 6.07 Å². The van der Waals surface area contributed by atoms with Gasteiger partial charge in [0.15, 0.2) is 0 Å². The zero-order valence-corrected chi connectivity index (χ0v) is 11.0. The second kappa shape index (κ2) is 5.56. The van der Waals surface area contributed by atoms with Crippen molar-refractivity contribution in [1.29, 1.82) is 0 Å². The average Bonchev–Trinajstić information content (AvgIpc) is 2.87. The van der Waals surface area contributed by atoms with Crippen LogP contribution in [0.15, 0.2) is 16.7 Å². The van der Waals surface area contributed by atoms with Gasteiger partial charge in [-0.1, -0.05) is 6.92 Å². The van der Waals surface area contributed by atoms with Gasteiger partial charge in [0.05, 0.1) is 12.1 Å². The van der Waals surface area contributed by atoms with E-state index in [1.807, 2.05) is 4.90 Å². The van der Waals surface area contributed by atoms with Gasteiger partial charge in [0.25, 0.3) is 5.91 Å². The number of furan rings is 1. The van der Waals surface area contributed by atoms with E-state index in [-0.39, 0.29) is 18.3 Å². The van der Waals surface area contributed by atoms with E-state index in [0.717, 1.165) is 13.0 Å². The van der Waals surface area contributed by atoms with Gasteiger partial charge in [-0.3, -0.25) is 4.79 Å². The van der Waals surface area contributed by atoms with Crippen LogP contribution in [0.4, 0.5) is 0 Å². The molecule has 1 aromatic heterocycles. The first-order chi connectivity index (χ1) is 7.63. The zero-order chi connectivity index (χ0) is 11.7. The van der Waals surface area contributed by atoms with Crippen molar-refractivity contribution in [3.05, 3.63) is 23.7 Å². The quantitative estimate of drug-likeness (QED) is 0.883. The van der Waals surface area contributed by atoms with Crippen molar-refractivity contribution in [1.82, 2.24) is 4.90 Å². The molecule has 5 heteroatoms. The summed E-state index contributed by atoms with van der Waals surface area (Å²) in [6.07, 6.45) is 2.58. The highest BCUT2D eigenvalue weighted by atomic mass is 35.5. The van der Waals surface area contributed by atoms with Gasteiger partial charge in [0.2, 0.25) is 0 Å². The second-order valence-corrected chi connectivity index (χ2v) is 4.51. The molecule has 2 heterocycles. The predicted octanol–water partition coefficient (Wildman–Crippen LogP) is 2.03. The van der Waals surface area contributed by atoms with Gasteiger partial charge < -0.3 is 15.1 Å². The number of nitrogens with zero attached hydrogens (tertiary/aromatic N) is 1. The maximum atomic E-state index is 12.2. The molecule has 4 nitrogen and oxygen atoms in total. The normalized spacial score (nSPS) is 23.6. The minimum Gasteiger partial charge on any atom is -0.467 e. The molecule has 1 aliphatic heterocycles. The Bertz CT molecular complexity index is 392. The van der Waals surface area contributed by atoms with E-state index in [2.05, 4.69) is 13.8 Å². The van der Waals surface area contributed by atoms with Crippen molar-refractivity contribution in [2.75, 3.05) is 6.54 Å². The number of carbonyl (C=O) groups is 1. The number of nitrogens with two attached hydrogens (primary N) is 1. The Morgan fingerprint density at radius 1 is 1.59 bits per heavy atom. The number of carbonyl (C=O) groups excluding carboxylic acids is 1. The largest absolute Gasteiger partial charge is 0.467 e. The van der Waals surface area contributed by atoms with Gasteiger partial charge in [-0.2, -0.15) is 0 Å². The number of amides is 1. The maximum Gasteiger partial charge on any atom is 0.257 e. The lowest BCUT2D eigenvalue weighted by Crippen LogP contribution is -2.35. The van der Waals surface area contributed by atoms with Crippen LogP contribution in [-0.4, -0.2) is 23.4 Å². The first-order valence-electron chi connectivity index (χ1n) is 5.72. The third kappa shape index (κ3) is 2.64. The van der Waals surface area contributed by atoms with Gasteiger partial charge in [0, 0.05) is 12.6 Å². The lowest BCUT2D eigenvalue weighted by atomic mass is 10.1. The minimum absolute atomic E-state index is 0. The van der Waals surface area contributed by atoms with Crippen molar-refractivity contribution in [2.24, 2.45) is 11.7 Å². The molecule has 1 saturated heterocycles. The van der Waals surface area contributed by atoms with Crippen LogP contribution in [0.1, 0.15) is 36.4 Å². The van der Waals surface area contributed by atoms with Crippen LogP contribution >= 0.6 is 12.4 Å². The molecule has 1 fully saturated rings. The molecule has 0 radical (unpaired) electrons. The summed E-state index contributed by atoms with van der Waals surface area (Å²) in [7, 11) is 0. The molecule has 0 spiro atoms. The Morgan fingerprint density at radius 3 is 2.76 bits per heavy atom. The summed E-state index contributed by atoms with van der Waals surface area (Å²) < 4.78 is 5.18. The topological polar surface area (TPSA) is 59.5 Å². The number of rotatable bonds is 2. The fourth-order valence-corrected chi connectivity index (χ4v) is 2.15. The first kappa shape index (κ1) is 14.1. The highest BCUT2D eigenvalue weighted by Gasteiger charge is 2.31.